The van der Waals surface area contributed by atoms with Crippen molar-refractivity contribution in [3.05, 3.63) is 0 Å². The predicted molar refractivity (Wildman–Crippen MR) is 59.0 cm³/mol. The highest BCUT2D eigenvalue weighted by molar-refractivity contribution is 7.87. The molecular weight excluding hydrogens is 232 g/mol. The Balaban J connectivity index is 2.62. The van der Waals surface area contributed by atoms with Crippen LogP contribution in [0.15, 0.2) is 0 Å². The van der Waals surface area contributed by atoms with Crippen molar-refractivity contribution in [2.75, 3.05) is 20.2 Å². The number of esters is 1. The largest absolute Gasteiger partial charge is 0.468 e. The van der Waals surface area contributed by atoms with Crippen LogP contribution in [0.25, 0.3) is 0 Å². The summed E-state index contributed by atoms with van der Waals surface area (Å²) in [6, 6.07) is 0.0435. The van der Waals surface area contributed by atoms with E-state index in [-0.39, 0.29) is 12.6 Å². The Labute approximate surface area is 96.1 Å². The van der Waals surface area contributed by atoms with Gasteiger partial charge in [-0.05, 0) is 19.3 Å². The van der Waals surface area contributed by atoms with Crippen LogP contribution in [0.5, 0.6) is 0 Å². The van der Waals surface area contributed by atoms with Gasteiger partial charge in [0.1, 0.15) is 6.54 Å². The van der Waals surface area contributed by atoms with Crippen LogP contribution in [-0.2, 0) is 19.7 Å². The second-order valence-electron chi connectivity index (χ2n) is 3.81. The molecule has 0 spiro atoms. The van der Waals surface area contributed by atoms with Gasteiger partial charge in [-0.15, -0.1) is 0 Å². The molecule has 0 bridgehead atoms. The summed E-state index contributed by atoms with van der Waals surface area (Å²) < 4.78 is 31.8. The summed E-state index contributed by atoms with van der Waals surface area (Å²) in [6.07, 6.45) is 2.40. The van der Waals surface area contributed by atoms with Crippen LogP contribution in [0.2, 0.25) is 0 Å². The molecule has 0 aromatic heterocycles. The van der Waals surface area contributed by atoms with Gasteiger partial charge in [0.15, 0.2) is 0 Å². The minimum atomic E-state index is -3.54. The molecule has 0 amide bonds. The summed E-state index contributed by atoms with van der Waals surface area (Å²) in [5, 5.41) is 0. The molecule has 1 aliphatic carbocycles. The normalized spacial score (nSPS) is 16.4. The number of methoxy groups -OCH3 is 1. The van der Waals surface area contributed by atoms with E-state index in [1.54, 1.807) is 0 Å². The van der Waals surface area contributed by atoms with Crippen molar-refractivity contribution in [2.45, 2.75) is 32.2 Å². The van der Waals surface area contributed by atoms with Gasteiger partial charge in [-0.3, -0.25) is 4.79 Å². The van der Waals surface area contributed by atoms with Gasteiger partial charge >= 0.3 is 5.97 Å². The number of rotatable bonds is 7. The van der Waals surface area contributed by atoms with E-state index in [2.05, 4.69) is 9.46 Å². The lowest BCUT2D eigenvalue weighted by atomic mass is 10.5. The first kappa shape index (κ1) is 13.4. The summed E-state index contributed by atoms with van der Waals surface area (Å²) >= 11 is 0. The second-order valence-corrected chi connectivity index (χ2v) is 5.51. The van der Waals surface area contributed by atoms with E-state index in [0.717, 1.165) is 17.1 Å². The molecule has 7 heteroatoms. The van der Waals surface area contributed by atoms with Crippen LogP contribution >= 0.6 is 0 Å². The number of hydrogen-bond acceptors (Lipinski definition) is 4. The van der Waals surface area contributed by atoms with Gasteiger partial charge in [0.05, 0.1) is 7.11 Å². The van der Waals surface area contributed by atoms with E-state index in [4.69, 9.17) is 0 Å². The zero-order chi connectivity index (χ0) is 12.2. The molecule has 0 radical (unpaired) electrons. The maximum Gasteiger partial charge on any atom is 0.321 e. The molecule has 0 heterocycles. The average Bonchev–Trinajstić information content (AvgIpc) is 3.00. The molecule has 1 fully saturated rings. The molecule has 94 valence electrons. The van der Waals surface area contributed by atoms with Gasteiger partial charge in [0, 0.05) is 12.6 Å². The Morgan fingerprint density at radius 2 is 2.12 bits per heavy atom. The minimum absolute atomic E-state index is 0.0435. The predicted octanol–water partition coefficient (Wildman–Crippen LogP) is -0.132. The topological polar surface area (TPSA) is 75.7 Å². The number of carbonyl (C=O) groups excluding carboxylic acids is 1. The summed E-state index contributed by atoms with van der Waals surface area (Å²) in [7, 11) is -2.30. The fourth-order valence-electron chi connectivity index (χ4n) is 1.23. The highest BCUT2D eigenvalue weighted by atomic mass is 32.2. The molecule has 1 saturated carbocycles. The molecule has 6 nitrogen and oxygen atoms in total. The maximum absolute atomic E-state index is 11.8. The average molecular weight is 250 g/mol. The van der Waals surface area contributed by atoms with Crippen molar-refractivity contribution in [3.63, 3.8) is 0 Å². The molecule has 1 aliphatic rings. The molecule has 0 unspecified atom stereocenters. The summed E-state index contributed by atoms with van der Waals surface area (Å²) in [6.45, 7) is 1.94. The highest BCUT2D eigenvalue weighted by Gasteiger charge is 2.31. The highest BCUT2D eigenvalue weighted by Crippen LogP contribution is 2.20. The fraction of sp³-hybridized carbons (Fsp3) is 0.889. The third-order valence-corrected chi connectivity index (χ3v) is 3.86. The van der Waals surface area contributed by atoms with Crippen LogP contribution in [0.4, 0.5) is 0 Å². The van der Waals surface area contributed by atoms with Crippen molar-refractivity contribution in [2.24, 2.45) is 0 Å². The maximum atomic E-state index is 11.8. The van der Waals surface area contributed by atoms with Gasteiger partial charge in [-0.2, -0.15) is 17.4 Å². The number of ether oxygens (including phenoxy) is 1. The van der Waals surface area contributed by atoms with Gasteiger partial charge in [-0.1, -0.05) is 6.92 Å². The van der Waals surface area contributed by atoms with Gasteiger partial charge in [0.25, 0.3) is 10.2 Å². The molecule has 16 heavy (non-hydrogen) atoms. The molecular formula is C9H18N2O4S. The van der Waals surface area contributed by atoms with Crippen molar-refractivity contribution < 1.29 is 17.9 Å². The van der Waals surface area contributed by atoms with E-state index in [1.807, 2.05) is 6.92 Å². The lowest BCUT2D eigenvalue weighted by Gasteiger charge is -2.20. The molecule has 1 rings (SSSR count). The Morgan fingerprint density at radius 1 is 1.50 bits per heavy atom. The number of hydrogen-bond donors (Lipinski definition) is 1. The van der Waals surface area contributed by atoms with Crippen molar-refractivity contribution in [1.29, 1.82) is 0 Å². The smallest absolute Gasteiger partial charge is 0.321 e. The van der Waals surface area contributed by atoms with Crippen LogP contribution in [0, 0.1) is 0 Å². The van der Waals surface area contributed by atoms with E-state index in [9.17, 15) is 13.2 Å². The monoisotopic (exact) mass is 250 g/mol. The molecule has 0 aromatic carbocycles. The van der Waals surface area contributed by atoms with Gasteiger partial charge in [-0.25, -0.2) is 0 Å². The van der Waals surface area contributed by atoms with Crippen molar-refractivity contribution in [3.8, 4) is 0 Å². The lowest BCUT2D eigenvalue weighted by molar-refractivity contribution is -0.140. The van der Waals surface area contributed by atoms with E-state index in [0.29, 0.717) is 13.0 Å². The first-order valence-corrected chi connectivity index (χ1v) is 6.77. The zero-order valence-electron chi connectivity index (χ0n) is 9.60. The van der Waals surface area contributed by atoms with Crippen LogP contribution < -0.4 is 4.72 Å². The molecule has 0 aromatic rings. The number of nitrogens with zero attached hydrogens (tertiary/aromatic N) is 1. The third-order valence-electron chi connectivity index (χ3n) is 2.24. The van der Waals surface area contributed by atoms with Crippen molar-refractivity contribution >= 4 is 16.2 Å². The summed E-state index contributed by atoms with van der Waals surface area (Å²) in [5.74, 6) is -0.547. The van der Waals surface area contributed by atoms with Gasteiger partial charge < -0.3 is 4.74 Å². The summed E-state index contributed by atoms with van der Waals surface area (Å²) in [4.78, 5) is 11.1. The number of nitrogens with one attached hydrogen (secondary N) is 1. The Hall–Kier alpha value is -0.660. The molecule has 0 atom stereocenters. The lowest BCUT2D eigenvalue weighted by Crippen LogP contribution is -2.44. The molecule has 0 aliphatic heterocycles. The van der Waals surface area contributed by atoms with E-state index < -0.39 is 16.2 Å². The van der Waals surface area contributed by atoms with Crippen LogP contribution in [0.3, 0.4) is 0 Å². The standard InChI is InChI=1S/C9H18N2O4S/c1-3-6-11(7-9(12)15-2)16(13,14)10-8-4-5-8/h8,10H,3-7H2,1-2H3. The second kappa shape index (κ2) is 5.60. The zero-order valence-corrected chi connectivity index (χ0v) is 10.4. The minimum Gasteiger partial charge on any atom is -0.468 e. The van der Waals surface area contributed by atoms with Crippen molar-refractivity contribution in [1.82, 2.24) is 9.03 Å². The summed E-state index contributed by atoms with van der Waals surface area (Å²) in [5.41, 5.74) is 0. The molecule has 1 N–H and O–H groups in total. The molecule has 0 saturated heterocycles. The van der Waals surface area contributed by atoms with E-state index in [1.165, 1.54) is 7.11 Å². The van der Waals surface area contributed by atoms with Crippen LogP contribution in [-0.4, -0.2) is 44.9 Å². The Morgan fingerprint density at radius 3 is 2.56 bits per heavy atom. The quantitative estimate of drug-likeness (QED) is 0.639. The number of carbonyl (C=O) groups is 1. The van der Waals surface area contributed by atoms with Gasteiger partial charge in [0.2, 0.25) is 0 Å². The van der Waals surface area contributed by atoms with Crippen LogP contribution in [0.1, 0.15) is 26.2 Å². The first-order valence-electron chi connectivity index (χ1n) is 5.33. The Kier molecular flexibility index (Phi) is 4.69. The third kappa shape index (κ3) is 4.07. The van der Waals surface area contributed by atoms with E-state index >= 15 is 0 Å². The fourth-order valence-corrected chi connectivity index (χ4v) is 2.73. The first-order chi connectivity index (χ1) is 7.49. The SMILES string of the molecule is CCCN(CC(=O)OC)S(=O)(=O)NC1CC1. The Bertz CT molecular complexity index is 337.